The van der Waals surface area contributed by atoms with E-state index < -0.39 is 5.97 Å². The van der Waals surface area contributed by atoms with Crippen LogP contribution in [0.4, 0.5) is 0 Å². The van der Waals surface area contributed by atoms with Crippen LogP contribution < -0.4 is 0 Å². The maximum absolute atomic E-state index is 10.1. The van der Waals surface area contributed by atoms with Gasteiger partial charge >= 0.3 is 5.97 Å². The van der Waals surface area contributed by atoms with Crippen LogP contribution in [0.2, 0.25) is 0 Å². The van der Waals surface area contributed by atoms with Gasteiger partial charge in [-0.15, -0.1) is 0 Å². The molecule has 50 valence electrons. The summed E-state index contributed by atoms with van der Waals surface area (Å²) in [7, 11) is 0. The smallest absolute Gasteiger partial charge is 0.330 e. The molecule has 0 aromatic rings. The minimum Gasteiger partial charge on any atom is -0.478 e. The molecule has 0 saturated carbocycles. The van der Waals surface area contributed by atoms with Crippen LogP contribution in [0.1, 0.15) is 12.8 Å². The Hall–Kier alpha value is -0.700. The zero-order chi connectivity index (χ0) is 7.28. The first kappa shape index (κ1) is 8.30. The molecule has 0 aromatic carbocycles. The number of hydrogen-bond acceptors (Lipinski definition) is 2. The molecule has 0 aliphatic rings. The third-order valence-corrected chi connectivity index (χ3v) is 1.10. The standard InChI is InChI=1S/C6H8O2S/c1-5(6(7)8)3-2-4-9/h4H,1-3H2,(H,7,8). The summed E-state index contributed by atoms with van der Waals surface area (Å²) in [6, 6.07) is 0. The van der Waals surface area contributed by atoms with Gasteiger partial charge in [0.1, 0.15) is 0 Å². The third-order valence-electron chi connectivity index (χ3n) is 0.866. The summed E-state index contributed by atoms with van der Waals surface area (Å²) in [5.74, 6) is -0.938. The monoisotopic (exact) mass is 144 g/mol. The Morgan fingerprint density at radius 2 is 2.33 bits per heavy atom. The normalized spacial score (nSPS) is 8.44. The fourth-order valence-electron chi connectivity index (χ4n) is 0.340. The van der Waals surface area contributed by atoms with Crippen LogP contribution >= 0.6 is 12.2 Å². The average Bonchev–Trinajstić information content (AvgIpc) is 1.82. The zero-order valence-corrected chi connectivity index (χ0v) is 5.78. The molecule has 2 nitrogen and oxygen atoms in total. The molecule has 3 heteroatoms. The van der Waals surface area contributed by atoms with Crippen molar-refractivity contribution in [2.45, 2.75) is 12.8 Å². The van der Waals surface area contributed by atoms with Gasteiger partial charge in [-0.2, -0.15) is 0 Å². The summed E-state index contributed by atoms with van der Waals surface area (Å²) in [6.07, 6.45) is 1.07. The van der Waals surface area contributed by atoms with Crippen LogP contribution in [-0.4, -0.2) is 16.4 Å². The zero-order valence-electron chi connectivity index (χ0n) is 4.96. The molecule has 1 N–H and O–H groups in total. The van der Waals surface area contributed by atoms with Crippen molar-refractivity contribution < 1.29 is 9.90 Å². The van der Waals surface area contributed by atoms with Crippen LogP contribution in [0.3, 0.4) is 0 Å². The molecule has 0 rings (SSSR count). The average molecular weight is 144 g/mol. The quantitative estimate of drug-likeness (QED) is 0.478. The number of carbonyl (C=O) groups is 1. The number of carboxylic acid groups (broad SMARTS) is 1. The molecule has 0 aromatic heterocycles. The second-order valence-corrected chi connectivity index (χ2v) is 1.95. The van der Waals surface area contributed by atoms with Gasteiger partial charge < -0.3 is 5.11 Å². The molecule has 0 unspecified atom stereocenters. The van der Waals surface area contributed by atoms with Crippen molar-refractivity contribution in [3.63, 3.8) is 0 Å². The minimum absolute atomic E-state index is 0.219. The van der Waals surface area contributed by atoms with Crippen molar-refractivity contribution in [2.75, 3.05) is 0 Å². The van der Waals surface area contributed by atoms with Crippen LogP contribution in [0.15, 0.2) is 12.2 Å². The predicted octanol–water partition coefficient (Wildman–Crippen LogP) is 1.41. The predicted molar refractivity (Wildman–Crippen MR) is 39.7 cm³/mol. The van der Waals surface area contributed by atoms with Gasteiger partial charge in [-0.05, 0) is 18.2 Å². The van der Waals surface area contributed by atoms with E-state index in [1.165, 1.54) is 5.37 Å². The Morgan fingerprint density at radius 1 is 1.78 bits per heavy atom. The molecule has 0 heterocycles. The lowest BCUT2D eigenvalue weighted by Crippen LogP contribution is -1.98. The maximum Gasteiger partial charge on any atom is 0.330 e. The summed E-state index contributed by atoms with van der Waals surface area (Å²) in [4.78, 5) is 10.1. The van der Waals surface area contributed by atoms with E-state index >= 15 is 0 Å². The van der Waals surface area contributed by atoms with Crippen molar-refractivity contribution in [1.82, 2.24) is 0 Å². The maximum atomic E-state index is 10.1. The van der Waals surface area contributed by atoms with Crippen LogP contribution in [0, 0.1) is 0 Å². The van der Waals surface area contributed by atoms with Gasteiger partial charge in [-0.1, -0.05) is 18.8 Å². The van der Waals surface area contributed by atoms with E-state index in [2.05, 4.69) is 18.8 Å². The largest absolute Gasteiger partial charge is 0.478 e. The Kier molecular flexibility index (Phi) is 3.88. The van der Waals surface area contributed by atoms with Crippen LogP contribution in [0.5, 0.6) is 0 Å². The lowest BCUT2D eigenvalue weighted by Gasteiger charge is -1.92. The molecular weight excluding hydrogens is 136 g/mol. The summed E-state index contributed by atoms with van der Waals surface area (Å²) < 4.78 is 0. The first-order valence-electron chi connectivity index (χ1n) is 2.53. The fraction of sp³-hybridized carbons (Fsp3) is 0.333. The highest BCUT2D eigenvalue weighted by molar-refractivity contribution is 7.78. The van der Waals surface area contributed by atoms with Crippen LogP contribution in [0.25, 0.3) is 0 Å². The van der Waals surface area contributed by atoms with Crippen molar-refractivity contribution in [1.29, 1.82) is 0 Å². The molecule has 0 amide bonds. The second-order valence-electron chi connectivity index (χ2n) is 1.61. The summed E-state index contributed by atoms with van der Waals surface area (Å²) in [5, 5.41) is 9.77. The van der Waals surface area contributed by atoms with E-state index in [4.69, 9.17) is 5.11 Å². The van der Waals surface area contributed by atoms with E-state index in [1.54, 1.807) is 0 Å². The van der Waals surface area contributed by atoms with Crippen molar-refractivity contribution in [3.05, 3.63) is 12.2 Å². The Balaban J connectivity index is 3.51. The van der Waals surface area contributed by atoms with Gasteiger partial charge in [0, 0.05) is 5.57 Å². The lowest BCUT2D eigenvalue weighted by molar-refractivity contribution is -0.132. The SMILES string of the molecule is C=C(CCC=S)C(=O)O. The molecule has 0 aliphatic carbocycles. The van der Waals surface area contributed by atoms with Crippen molar-refractivity contribution >= 4 is 23.6 Å². The molecule has 9 heavy (non-hydrogen) atoms. The summed E-state index contributed by atoms with van der Waals surface area (Å²) in [5.41, 5.74) is 0.219. The number of thiocarbonyl (C=S) groups is 1. The van der Waals surface area contributed by atoms with Gasteiger partial charge in [0.15, 0.2) is 0 Å². The van der Waals surface area contributed by atoms with Crippen LogP contribution in [-0.2, 0) is 4.79 Å². The first-order valence-corrected chi connectivity index (χ1v) is 3.00. The van der Waals surface area contributed by atoms with E-state index in [9.17, 15) is 4.79 Å². The Morgan fingerprint density at radius 3 is 2.67 bits per heavy atom. The second kappa shape index (κ2) is 4.21. The van der Waals surface area contributed by atoms with Gasteiger partial charge in [0.05, 0.1) is 0 Å². The van der Waals surface area contributed by atoms with Gasteiger partial charge in [-0.25, -0.2) is 4.79 Å². The van der Waals surface area contributed by atoms with Crippen molar-refractivity contribution in [2.24, 2.45) is 0 Å². The van der Waals surface area contributed by atoms with E-state index in [1.807, 2.05) is 0 Å². The molecule has 0 atom stereocenters. The molecule has 0 aliphatic heterocycles. The molecule has 0 bridgehead atoms. The third kappa shape index (κ3) is 3.85. The van der Waals surface area contributed by atoms with E-state index in [0.717, 1.165) is 0 Å². The van der Waals surface area contributed by atoms with Gasteiger partial charge in [-0.3, -0.25) is 0 Å². The molecule has 0 saturated heterocycles. The topological polar surface area (TPSA) is 37.3 Å². The number of carboxylic acids is 1. The number of aliphatic carboxylic acids is 1. The van der Waals surface area contributed by atoms with E-state index in [0.29, 0.717) is 12.8 Å². The van der Waals surface area contributed by atoms with Crippen molar-refractivity contribution in [3.8, 4) is 0 Å². The molecule has 0 spiro atoms. The Labute approximate surface area is 59.2 Å². The highest BCUT2D eigenvalue weighted by Gasteiger charge is 2.00. The molecule has 0 fully saturated rings. The summed E-state index contributed by atoms with van der Waals surface area (Å²) >= 11 is 4.50. The molecule has 0 radical (unpaired) electrons. The first-order chi connectivity index (χ1) is 4.18. The summed E-state index contributed by atoms with van der Waals surface area (Å²) in [6.45, 7) is 3.33. The fourth-order valence-corrected chi connectivity index (χ4v) is 0.458. The number of hydrogen-bond donors (Lipinski definition) is 1. The molecular formula is C6H8O2S. The van der Waals surface area contributed by atoms with Gasteiger partial charge in [0.25, 0.3) is 0 Å². The highest BCUT2D eigenvalue weighted by Crippen LogP contribution is 1.99. The minimum atomic E-state index is -0.938. The van der Waals surface area contributed by atoms with Gasteiger partial charge in [0.2, 0.25) is 0 Å². The lowest BCUT2D eigenvalue weighted by atomic mass is 10.2. The number of rotatable bonds is 4. The Bertz CT molecular complexity index is 140. The van der Waals surface area contributed by atoms with E-state index in [-0.39, 0.29) is 5.57 Å². The highest BCUT2D eigenvalue weighted by atomic mass is 32.1.